The standard InChI is InChI=1S/C19H15ClN2O2S2/c1-24-8-2-3-14-9-15-17(25)16(11-22-19(15)26-14)18(23)21-10-12-4-6-13(20)7-5-12/h4-7,9,11H,8,10H2,1H3,(H,21,23)(H,22,25). The summed E-state index contributed by atoms with van der Waals surface area (Å²) in [7, 11) is 1.60. The first kappa shape index (κ1) is 18.7. The van der Waals surface area contributed by atoms with E-state index in [1.165, 1.54) is 11.3 Å². The average Bonchev–Trinajstić information content (AvgIpc) is 3.05. The number of halogens is 1. The van der Waals surface area contributed by atoms with Gasteiger partial charge in [-0.2, -0.15) is 0 Å². The molecule has 1 aromatic carbocycles. The van der Waals surface area contributed by atoms with E-state index in [1.54, 1.807) is 25.4 Å². The largest absolute Gasteiger partial charge is 0.372 e. The second kappa shape index (κ2) is 8.56. The van der Waals surface area contributed by atoms with Crippen LogP contribution in [0.1, 0.15) is 20.8 Å². The molecule has 0 atom stereocenters. The van der Waals surface area contributed by atoms with Crippen molar-refractivity contribution in [2.75, 3.05) is 13.7 Å². The number of rotatable bonds is 4. The molecule has 3 aromatic rings. The van der Waals surface area contributed by atoms with E-state index in [0.717, 1.165) is 20.7 Å². The number of thiophene rings is 1. The van der Waals surface area contributed by atoms with Crippen molar-refractivity contribution >= 4 is 51.7 Å². The Morgan fingerprint density at radius 3 is 2.88 bits per heavy atom. The van der Waals surface area contributed by atoms with Gasteiger partial charge in [-0.1, -0.05) is 35.6 Å². The summed E-state index contributed by atoms with van der Waals surface area (Å²) in [6.45, 7) is 0.770. The molecule has 0 aliphatic rings. The highest BCUT2D eigenvalue weighted by atomic mass is 35.5. The first-order valence-corrected chi connectivity index (χ1v) is 9.34. The van der Waals surface area contributed by atoms with Crippen LogP contribution in [0.3, 0.4) is 0 Å². The first-order valence-electron chi connectivity index (χ1n) is 7.70. The number of hydrogen-bond donors (Lipinski definition) is 2. The quantitative estimate of drug-likeness (QED) is 0.508. The Kier molecular flexibility index (Phi) is 6.17. The summed E-state index contributed by atoms with van der Waals surface area (Å²) in [5.41, 5.74) is 1.40. The van der Waals surface area contributed by atoms with Gasteiger partial charge in [-0.3, -0.25) is 4.79 Å². The van der Waals surface area contributed by atoms with Gasteiger partial charge < -0.3 is 10.1 Å². The zero-order chi connectivity index (χ0) is 18.5. The molecule has 0 saturated carbocycles. The van der Waals surface area contributed by atoms with Crippen LogP contribution in [-0.2, 0) is 11.3 Å². The van der Waals surface area contributed by atoms with Gasteiger partial charge in [0.25, 0.3) is 5.91 Å². The highest BCUT2D eigenvalue weighted by Gasteiger charge is 2.15. The van der Waals surface area contributed by atoms with Crippen molar-refractivity contribution in [2.45, 2.75) is 11.4 Å². The molecule has 3 rings (SSSR count). The van der Waals surface area contributed by atoms with Crippen LogP contribution in [-0.4, -0.2) is 24.6 Å². The molecular formula is C19H15ClN2O2S2. The molecule has 0 bridgehead atoms. The van der Waals surface area contributed by atoms with Crippen molar-refractivity contribution < 1.29 is 9.53 Å². The van der Waals surface area contributed by atoms with Crippen LogP contribution in [0, 0.1) is 11.8 Å². The highest BCUT2D eigenvalue weighted by Crippen LogP contribution is 2.30. The summed E-state index contributed by atoms with van der Waals surface area (Å²) in [6, 6.07) is 9.22. The minimum absolute atomic E-state index is 0.224. The molecule has 0 aliphatic heterocycles. The number of pyridine rings is 1. The predicted molar refractivity (Wildman–Crippen MR) is 108 cm³/mol. The van der Waals surface area contributed by atoms with E-state index in [-0.39, 0.29) is 5.91 Å². The third-order valence-electron chi connectivity index (χ3n) is 3.57. The van der Waals surface area contributed by atoms with Gasteiger partial charge in [0.15, 0.2) is 0 Å². The Labute approximate surface area is 166 Å². The SMILES string of the molecule is COCC#Cc1cc2c(S)c(C(=O)NCc3ccc(Cl)cc3)cnc2s1. The third-order valence-corrected chi connectivity index (χ3v) is 5.26. The number of carbonyl (C=O) groups is 1. The normalized spacial score (nSPS) is 10.4. The van der Waals surface area contributed by atoms with Crippen molar-refractivity contribution in [1.82, 2.24) is 10.3 Å². The average molecular weight is 403 g/mol. The summed E-state index contributed by atoms with van der Waals surface area (Å²) in [5.74, 6) is 5.70. The molecule has 132 valence electrons. The number of ether oxygens (including phenoxy) is 1. The summed E-state index contributed by atoms with van der Waals surface area (Å²) in [4.78, 5) is 19.1. The number of thiol groups is 1. The molecule has 7 heteroatoms. The molecule has 0 unspecified atom stereocenters. The topological polar surface area (TPSA) is 51.2 Å². The Hall–Kier alpha value is -2.04. The van der Waals surface area contributed by atoms with Gasteiger partial charge in [0.05, 0.1) is 10.4 Å². The van der Waals surface area contributed by atoms with Gasteiger partial charge in [-0.05, 0) is 23.8 Å². The maximum Gasteiger partial charge on any atom is 0.254 e. The Morgan fingerprint density at radius 2 is 2.15 bits per heavy atom. The minimum atomic E-state index is -0.224. The van der Waals surface area contributed by atoms with E-state index in [1.807, 2.05) is 18.2 Å². The van der Waals surface area contributed by atoms with Crippen molar-refractivity contribution in [3.8, 4) is 11.8 Å². The maximum atomic E-state index is 12.5. The van der Waals surface area contributed by atoms with Crippen molar-refractivity contribution in [1.29, 1.82) is 0 Å². The van der Waals surface area contributed by atoms with Gasteiger partial charge in [-0.25, -0.2) is 4.98 Å². The summed E-state index contributed by atoms with van der Waals surface area (Å²) in [5, 5.41) is 4.36. The first-order chi connectivity index (χ1) is 12.6. The van der Waals surface area contributed by atoms with Crippen molar-refractivity contribution in [3.05, 3.63) is 57.6 Å². The molecule has 26 heavy (non-hydrogen) atoms. The van der Waals surface area contributed by atoms with E-state index < -0.39 is 0 Å². The smallest absolute Gasteiger partial charge is 0.254 e. The van der Waals surface area contributed by atoms with Gasteiger partial charge in [0.2, 0.25) is 0 Å². The number of nitrogens with one attached hydrogen (secondary N) is 1. The number of nitrogens with zero attached hydrogens (tertiary/aromatic N) is 1. The predicted octanol–water partition coefficient (Wildman–Crippen LogP) is 4.17. The van der Waals surface area contributed by atoms with Gasteiger partial charge in [0, 0.05) is 35.2 Å². The lowest BCUT2D eigenvalue weighted by Gasteiger charge is -2.08. The molecule has 0 aliphatic carbocycles. The molecule has 4 nitrogen and oxygen atoms in total. The lowest BCUT2D eigenvalue weighted by Crippen LogP contribution is -2.23. The fourth-order valence-corrected chi connectivity index (χ4v) is 3.70. The van der Waals surface area contributed by atoms with Crippen LogP contribution in [0.2, 0.25) is 5.02 Å². The van der Waals surface area contributed by atoms with Crippen LogP contribution >= 0.6 is 35.6 Å². The Bertz CT molecular complexity index is 1000. The number of methoxy groups -OCH3 is 1. The van der Waals surface area contributed by atoms with Crippen LogP contribution in [0.4, 0.5) is 0 Å². The number of benzene rings is 1. The Morgan fingerprint density at radius 1 is 1.38 bits per heavy atom. The van der Waals surface area contributed by atoms with Gasteiger partial charge in [-0.15, -0.1) is 24.0 Å². The Balaban J connectivity index is 1.78. The fourth-order valence-electron chi connectivity index (χ4n) is 2.28. The summed E-state index contributed by atoms with van der Waals surface area (Å²) in [6.07, 6.45) is 1.55. The number of fused-ring (bicyclic) bond motifs is 1. The summed E-state index contributed by atoms with van der Waals surface area (Å²) < 4.78 is 4.92. The zero-order valence-electron chi connectivity index (χ0n) is 13.9. The van der Waals surface area contributed by atoms with Crippen LogP contribution < -0.4 is 5.32 Å². The third kappa shape index (κ3) is 4.37. The second-order valence-electron chi connectivity index (χ2n) is 5.39. The van der Waals surface area contributed by atoms with E-state index in [4.69, 9.17) is 16.3 Å². The highest BCUT2D eigenvalue weighted by molar-refractivity contribution is 7.80. The van der Waals surface area contributed by atoms with Crippen molar-refractivity contribution in [3.63, 3.8) is 0 Å². The van der Waals surface area contributed by atoms with E-state index in [0.29, 0.717) is 28.6 Å². The number of aromatic nitrogens is 1. The molecule has 2 heterocycles. The number of amides is 1. The maximum absolute atomic E-state index is 12.5. The lowest BCUT2D eigenvalue weighted by molar-refractivity contribution is 0.0948. The molecule has 0 saturated heterocycles. The van der Waals surface area contributed by atoms with E-state index in [9.17, 15) is 4.79 Å². The minimum Gasteiger partial charge on any atom is -0.372 e. The molecule has 0 fully saturated rings. The van der Waals surface area contributed by atoms with Gasteiger partial charge >= 0.3 is 0 Å². The van der Waals surface area contributed by atoms with E-state index in [2.05, 4.69) is 34.8 Å². The zero-order valence-corrected chi connectivity index (χ0v) is 16.3. The number of carbonyl (C=O) groups excluding carboxylic acids is 1. The molecule has 0 radical (unpaired) electrons. The van der Waals surface area contributed by atoms with Crippen LogP contribution in [0.5, 0.6) is 0 Å². The fraction of sp³-hybridized carbons (Fsp3) is 0.158. The van der Waals surface area contributed by atoms with Crippen LogP contribution in [0.25, 0.3) is 10.2 Å². The monoisotopic (exact) mass is 402 g/mol. The second-order valence-corrected chi connectivity index (χ2v) is 7.31. The molecular weight excluding hydrogens is 388 g/mol. The molecule has 1 amide bonds. The molecule has 0 spiro atoms. The van der Waals surface area contributed by atoms with E-state index >= 15 is 0 Å². The molecule has 1 N–H and O–H groups in total. The van der Waals surface area contributed by atoms with Crippen LogP contribution in [0.15, 0.2) is 41.4 Å². The molecule has 2 aromatic heterocycles. The number of hydrogen-bond acceptors (Lipinski definition) is 5. The van der Waals surface area contributed by atoms with Gasteiger partial charge in [0.1, 0.15) is 11.4 Å². The summed E-state index contributed by atoms with van der Waals surface area (Å²) >= 11 is 11.9. The lowest BCUT2D eigenvalue weighted by atomic mass is 10.2. The van der Waals surface area contributed by atoms with Crippen molar-refractivity contribution in [2.24, 2.45) is 0 Å².